The van der Waals surface area contributed by atoms with Crippen LogP contribution < -0.4 is 0 Å². The minimum Gasteiger partial charge on any atom is -0.462 e. The van der Waals surface area contributed by atoms with Crippen LogP contribution in [0.25, 0.3) is 0 Å². The Bertz CT molecular complexity index is 2420. The van der Waals surface area contributed by atoms with Gasteiger partial charge in [-0.25, -0.2) is 0 Å². The van der Waals surface area contributed by atoms with Crippen LogP contribution >= 0.6 is 0 Å². The van der Waals surface area contributed by atoms with Crippen molar-refractivity contribution in [3.8, 4) is 0 Å². The Morgan fingerprint density at radius 3 is 0.392 bits per heavy atom. The highest BCUT2D eigenvalue weighted by atomic mass is 16.6. The Balaban J connectivity index is 0.000000325. The van der Waals surface area contributed by atoms with E-state index < -0.39 is 0 Å². The highest BCUT2D eigenvalue weighted by molar-refractivity contribution is 5.72. The summed E-state index contributed by atoms with van der Waals surface area (Å²) in [6, 6.07) is 0. The number of nitrogens with zero attached hydrogens (tertiary/aromatic N) is 6. The van der Waals surface area contributed by atoms with Gasteiger partial charge in [0.15, 0.2) is 0 Å². The standard InChI is InChI=1S/C30H56N2O4.C28H52N2O4.C26H48N2O4/c1-27(2)19-23(20-28(3,4)31(27)9)35-25(33)17-15-13-11-12-14-16-18-26(34)36-24-21-29(5,6)32(10)30(7,8)22-24;1-25(2)17-21(18-26(3,4)29(25)9)33-23(31)15-13-11-12-14-16-24(32)34-22-19-27(5,6)30(10)28(7,8)20-22;1-23(2)15-19(16-24(3,4)27(23)9)31-21(29)13-11-12-14-22(30)32-20-17-25(5,6)28(10)26(7,8)18-20/h23-24H,11-22H2,1-10H3;21-22H,11-20H2,1-10H3;19-20H,11-18H2,1-10H3. The van der Waals surface area contributed by atoms with Crippen molar-refractivity contribution in [2.24, 2.45) is 0 Å². The van der Waals surface area contributed by atoms with Crippen LogP contribution in [0.15, 0.2) is 0 Å². The normalized spacial score (nSPS) is 25.1. The van der Waals surface area contributed by atoms with Crippen LogP contribution in [0.3, 0.4) is 0 Å². The van der Waals surface area contributed by atoms with Crippen LogP contribution in [0, 0.1) is 0 Å². The lowest BCUT2D eigenvalue weighted by Gasteiger charge is -2.53. The zero-order valence-corrected chi connectivity index (χ0v) is 71.3. The van der Waals surface area contributed by atoms with E-state index in [4.69, 9.17) is 28.4 Å². The average molecular weight is 1440 g/mol. The van der Waals surface area contributed by atoms with E-state index >= 15 is 0 Å². The maximum absolute atomic E-state index is 12.4. The summed E-state index contributed by atoms with van der Waals surface area (Å²) >= 11 is 0. The molecule has 6 rings (SSSR count). The summed E-state index contributed by atoms with van der Waals surface area (Å²) in [6.45, 7) is 53.2. The van der Waals surface area contributed by atoms with Gasteiger partial charge >= 0.3 is 35.8 Å². The first-order valence-electron chi connectivity index (χ1n) is 40.0. The average Bonchev–Trinajstić information content (AvgIpc) is 0.825. The summed E-state index contributed by atoms with van der Waals surface area (Å²) in [5.41, 5.74) is 0.140. The lowest BCUT2D eigenvalue weighted by atomic mass is 9.78. The molecule has 6 fully saturated rings. The number of likely N-dealkylation sites (tertiary alicyclic amines) is 6. The van der Waals surface area contributed by atoms with Gasteiger partial charge in [0.05, 0.1) is 0 Å². The van der Waals surface area contributed by atoms with Crippen molar-refractivity contribution in [1.82, 2.24) is 29.4 Å². The maximum Gasteiger partial charge on any atom is 0.306 e. The molecule has 102 heavy (non-hydrogen) atoms. The fourth-order valence-electron chi connectivity index (χ4n) is 18.3. The number of carbonyl (C=O) groups is 6. The third-order valence-corrected chi connectivity index (χ3v) is 25.9. The fourth-order valence-corrected chi connectivity index (χ4v) is 18.3. The van der Waals surface area contributed by atoms with Crippen molar-refractivity contribution < 1.29 is 57.2 Å². The molecule has 0 unspecified atom stereocenters. The molecule has 6 aliphatic rings. The summed E-state index contributed by atoms with van der Waals surface area (Å²) < 4.78 is 35.0. The second-order valence-electron chi connectivity index (χ2n) is 40.0. The molecule has 0 atom stereocenters. The smallest absolute Gasteiger partial charge is 0.306 e. The quantitative estimate of drug-likeness (QED) is 0.0430. The fraction of sp³-hybridized carbons (Fsp3) is 0.929. The molecule has 0 saturated carbocycles. The second kappa shape index (κ2) is 36.2. The summed E-state index contributed by atoms with van der Waals surface area (Å²) in [4.78, 5) is 88.7. The number of carbonyl (C=O) groups excluding carboxylic acids is 6. The van der Waals surface area contributed by atoms with Crippen LogP contribution in [0.5, 0.6) is 0 Å². The first kappa shape index (κ1) is 91.0. The van der Waals surface area contributed by atoms with Crippen LogP contribution in [-0.4, -0.2) is 211 Å². The maximum atomic E-state index is 12.4. The SMILES string of the molecule is CN1C(C)(C)CC(OC(=O)CCCCC(=O)OC2CC(C)(C)N(C)C(C)(C)C2)CC1(C)C.CN1C(C)(C)CC(OC(=O)CCCCCCC(=O)OC2CC(C)(C)N(C)C(C)(C)C2)CC1(C)C.CN1C(C)(C)CC(OC(=O)CCCCCCCCC(=O)OC2CC(C)(C)N(C)C(C)(C)C2)CC1(C)C. The van der Waals surface area contributed by atoms with E-state index in [0.29, 0.717) is 51.4 Å². The lowest BCUT2D eigenvalue weighted by Crippen LogP contribution is -2.60. The highest BCUT2D eigenvalue weighted by Gasteiger charge is 2.50. The molecule has 0 radical (unpaired) electrons. The molecular formula is C84H156N6O12. The van der Waals surface area contributed by atoms with E-state index in [-0.39, 0.29) is 139 Å². The van der Waals surface area contributed by atoms with Gasteiger partial charge < -0.3 is 28.4 Å². The van der Waals surface area contributed by atoms with E-state index in [1.165, 1.54) is 0 Å². The predicted molar refractivity (Wildman–Crippen MR) is 413 cm³/mol. The van der Waals surface area contributed by atoms with Crippen molar-refractivity contribution in [2.45, 2.75) is 462 Å². The van der Waals surface area contributed by atoms with Crippen LogP contribution in [0.4, 0.5) is 0 Å². The molecule has 6 saturated heterocycles. The molecule has 18 heteroatoms. The van der Waals surface area contributed by atoms with Crippen LogP contribution in [0.1, 0.15) is 359 Å². The van der Waals surface area contributed by atoms with E-state index in [9.17, 15) is 28.8 Å². The highest BCUT2D eigenvalue weighted by Crippen LogP contribution is 2.44. The van der Waals surface area contributed by atoms with Crippen molar-refractivity contribution >= 4 is 35.8 Å². The topological polar surface area (TPSA) is 177 Å². The molecular weight excluding hydrogens is 1280 g/mol. The third kappa shape index (κ3) is 27.4. The summed E-state index contributed by atoms with van der Waals surface area (Å²) in [6.07, 6.45) is 23.7. The number of hydrogen-bond donors (Lipinski definition) is 0. The molecule has 0 aromatic rings. The Labute approximate surface area is 623 Å². The second-order valence-corrected chi connectivity index (χ2v) is 40.0. The zero-order chi connectivity index (χ0) is 77.8. The zero-order valence-electron chi connectivity index (χ0n) is 71.3. The van der Waals surface area contributed by atoms with Crippen molar-refractivity contribution in [3.05, 3.63) is 0 Å². The van der Waals surface area contributed by atoms with Gasteiger partial charge in [-0.1, -0.05) is 38.5 Å². The monoisotopic (exact) mass is 1440 g/mol. The van der Waals surface area contributed by atoms with Crippen LogP contribution in [0.2, 0.25) is 0 Å². The van der Waals surface area contributed by atoms with E-state index in [1.54, 1.807) is 0 Å². The van der Waals surface area contributed by atoms with Crippen molar-refractivity contribution in [1.29, 1.82) is 0 Å². The van der Waals surface area contributed by atoms with E-state index in [2.05, 4.69) is 238 Å². The number of ether oxygens (including phenoxy) is 6. The van der Waals surface area contributed by atoms with Gasteiger partial charge in [0.1, 0.15) is 36.6 Å². The molecule has 18 nitrogen and oxygen atoms in total. The van der Waals surface area contributed by atoms with Gasteiger partial charge in [-0.3, -0.25) is 58.2 Å². The first-order valence-corrected chi connectivity index (χ1v) is 40.0. The molecule has 0 bridgehead atoms. The van der Waals surface area contributed by atoms with Gasteiger partial charge in [-0.05, 0) is 247 Å². The number of unbranched alkanes of at least 4 members (excludes halogenated alkanes) is 9. The van der Waals surface area contributed by atoms with E-state index in [0.717, 1.165) is 141 Å². The number of rotatable bonds is 27. The van der Waals surface area contributed by atoms with Gasteiger partial charge in [0.25, 0.3) is 0 Å². The predicted octanol–water partition coefficient (Wildman–Crippen LogP) is 17.1. The van der Waals surface area contributed by atoms with Gasteiger partial charge in [-0.15, -0.1) is 0 Å². The first-order chi connectivity index (χ1) is 46.4. The Kier molecular flexibility index (Phi) is 32.3. The lowest BCUT2D eigenvalue weighted by molar-refractivity contribution is -0.161. The number of piperidine rings is 6. The minimum absolute atomic E-state index is 0.00474. The number of esters is 6. The largest absolute Gasteiger partial charge is 0.462 e. The third-order valence-electron chi connectivity index (χ3n) is 25.9. The van der Waals surface area contributed by atoms with Gasteiger partial charge in [0, 0.05) is 182 Å². The molecule has 6 aliphatic heterocycles. The van der Waals surface area contributed by atoms with Gasteiger partial charge in [0.2, 0.25) is 0 Å². The van der Waals surface area contributed by atoms with Gasteiger partial charge in [-0.2, -0.15) is 0 Å². The Morgan fingerprint density at radius 2 is 0.284 bits per heavy atom. The van der Waals surface area contributed by atoms with Crippen LogP contribution in [-0.2, 0) is 57.2 Å². The summed E-state index contributed by atoms with van der Waals surface area (Å²) in [5.74, 6) is -0.601. The van der Waals surface area contributed by atoms with E-state index in [1.807, 2.05) is 0 Å². The van der Waals surface area contributed by atoms with Crippen molar-refractivity contribution in [2.75, 3.05) is 42.3 Å². The molecule has 594 valence electrons. The Morgan fingerprint density at radius 1 is 0.196 bits per heavy atom. The van der Waals surface area contributed by atoms with Crippen molar-refractivity contribution in [3.63, 3.8) is 0 Å². The molecule has 0 aromatic carbocycles. The molecule has 0 aromatic heterocycles. The summed E-state index contributed by atoms with van der Waals surface area (Å²) in [7, 11) is 12.9. The molecule has 0 spiro atoms. The molecule has 0 aliphatic carbocycles. The molecule has 0 amide bonds. The minimum atomic E-state index is -0.154. The summed E-state index contributed by atoms with van der Waals surface area (Å²) in [5, 5.41) is 0. The Hall–Kier alpha value is -3.42. The molecule has 6 heterocycles. The molecule has 0 N–H and O–H groups in total. The number of hydrogen-bond acceptors (Lipinski definition) is 18.